The number of nitrogens with zero attached hydrogens (tertiary/aromatic N) is 7. The van der Waals surface area contributed by atoms with Crippen molar-refractivity contribution < 1.29 is 0 Å². The second kappa shape index (κ2) is 6.49. The summed E-state index contributed by atoms with van der Waals surface area (Å²) in [5.74, 6) is 0.827. The highest BCUT2D eigenvalue weighted by Gasteiger charge is 2.15. The first kappa shape index (κ1) is 15.5. The molecule has 1 aliphatic rings. The molecule has 0 aliphatic carbocycles. The quantitative estimate of drug-likeness (QED) is 0.568. The van der Waals surface area contributed by atoms with Crippen LogP contribution in [0.25, 0.3) is 27.9 Å². The predicted octanol–water partition coefficient (Wildman–Crippen LogP) is 2.65. The molecule has 7 nitrogen and oxygen atoms in total. The summed E-state index contributed by atoms with van der Waals surface area (Å²) in [7, 11) is 0. The van der Waals surface area contributed by atoms with E-state index in [1.54, 1.807) is 6.33 Å². The average molecular weight is 347 g/mol. The fraction of sp³-hybridized carbons (Fsp3) is 0.368. The van der Waals surface area contributed by atoms with Crippen molar-refractivity contribution in [2.24, 2.45) is 0 Å². The summed E-state index contributed by atoms with van der Waals surface area (Å²) in [6, 6.07) is 8.07. The Morgan fingerprint density at radius 3 is 2.73 bits per heavy atom. The van der Waals surface area contributed by atoms with Crippen molar-refractivity contribution in [3.63, 3.8) is 0 Å². The number of rotatable bonds is 4. The van der Waals surface area contributed by atoms with Gasteiger partial charge in [0.1, 0.15) is 12.7 Å². The third-order valence-electron chi connectivity index (χ3n) is 5.17. The van der Waals surface area contributed by atoms with Gasteiger partial charge >= 0.3 is 0 Å². The Morgan fingerprint density at radius 2 is 1.81 bits per heavy atom. The van der Waals surface area contributed by atoms with Crippen molar-refractivity contribution in [2.45, 2.75) is 25.8 Å². The molecule has 7 heteroatoms. The molecule has 0 bridgehead atoms. The molecule has 1 saturated heterocycles. The van der Waals surface area contributed by atoms with E-state index >= 15 is 0 Å². The normalized spacial score (nSPS) is 15.8. The third-order valence-corrected chi connectivity index (χ3v) is 5.17. The van der Waals surface area contributed by atoms with Crippen LogP contribution < -0.4 is 0 Å². The Morgan fingerprint density at radius 1 is 0.923 bits per heavy atom. The van der Waals surface area contributed by atoms with Gasteiger partial charge in [-0.2, -0.15) is 5.10 Å². The minimum absolute atomic E-state index is 0.827. The van der Waals surface area contributed by atoms with Gasteiger partial charge in [0.05, 0.1) is 29.2 Å². The number of para-hydroxylation sites is 2. The maximum Gasteiger partial charge on any atom is 0.163 e. The summed E-state index contributed by atoms with van der Waals surface area (Å²) in [4.78, 5) is 16.0. The maximum atomic E-state index is 4.58. The zero-order chi connectivity index (χ0) is 17.3. The van der Waals surface area contributed by atoms with Crippen LogP contribution in [0, 0.1) is 0 Å². The molecule has 4 aromatic rings. The van der Waals surface area contributed by atoms with Crippen molar-refractivity contribution in [2.75, 3.05) is 19.6 Å². The van der Waals surface area contributed by atoms with Gasteiger partial charge in [-0.1, -0.05) is 18.6 Å². The Labute approximate surface area is 151 Å². The Balaban J connectivity index is 1.49. The molecule has 0 amide bonds. The number of likely N-dealkylation sites (tertiary alicyclic amines) is 1. The van der Waals surface area contributed by atoms with Crippen LogP contribution >= 0.6 is 0 Å². The fourth-order valence-corrected chi connectivity index (χ4v) is 3.78. The van der Waals surface area contributed by atoms with E-state index in [9.17, 15) is 0 Å². The van der Waals surface area contributed by atoms with E-state index in [2.05, 4.69) is 31.0 Å². The number of piperidine rings is 1. The summed E-state index contributed by atoms with van der Waals surface area (Å²) >= 11 is 0. The molecule has 0 spiro atoms. The number of benzene rings is 1. The summed E-state index contributed by atoms with van der Waals surface area (Å²) in [5.41, 5.74) is 2.87. The van der Waals surface area contributed by atoms with Gasteiger partial charge in [0.25, 0.3) is 0 Å². The SMILES string of the molecule is c1ccc2c(c1)ncn2-c1ncnc2c1cnn2CCN1CCCCC1. The second-order valence-electron chi connectivity index (χ2n) is 6.81. The average Bonchev–Trinajstić information content (AvgIpc) is 3.31. The lowest BCUT2D eigenvalue weighted by atomic mass is 10.1. The van der Waals surface area contributed by atoms with E-state index in [1.165, 1.54) is 32.4 Å². The molecule has 0 radical (unpaired) electrons. The van der Waals surface area contributed by atoms with Crippen LogP contribution in [-0.4, -0.2) is 53.8 Å². The number of fused-ring (bicyclic) bond motifs is 2. The van der Waals surface area contributed by atoms with Crippen molar-refractivity contribution in [3.05, 3.63) is 43.1 Å². The molecule has 1 aromatic carbocycles. The molecule has 0 atom stereocenters. The van der Waals surface area contributed by atoms with Crippen molar-refractivity contribution in [1.82, 2.24) is 34.2 Å². The number of hydrogen-bond acceptors (Lipinski definition) is 5. The summed E-state index contributed by atoms with van der Waals surface area (Å²) < 4.78 is 4.00. The molecular weight excluding hydrogens is 326 g/mol. The molecule has 1 fully saturated rings. The van der Waals surface area contributed by atoms with Gasteiger partial charge in [-0.05, 0) is 38.1 Å². The van der Waals surface area contributed by atoms with Crippen LogP contribution in [0.2, 0.25) is 0 Å². The van der Waals surface area contributed by atoms with Crippen LogP contribution in [-0.2, 0) is 6.54 Å². The first-order chi connectivity index (χ1) is 12.9. The van der Waals surface area contributed by atoms with Gasteiger partial charge in [0.15, 0.2) is 11.5 Å². The van der Waals surface area contributed by atoms with Crippen LogP contribution in [0.3, 0.4) is 0 Å². The lowest BCUT2D eigenvalue weighted by molar-refractivity contribution is 0.219. The zero-order valence-electron chi connectivity index (χ0n) is 14.6. The minimum Gasteiger partial charge on any atom is -0.301 e. The molecule has 26 heavy (non-hydrogen) atoms. The van der Waals surface area contributed by atoms with Crippen molar-refractivity contribution in [1.29, 1.82) is 0 Å². The van der Waals surface area contributed by atoms with Gasteiger partial charge in [-0.15, -0.1) is 0 Å². The standard InChI is InChI=1S/C19H21N7/c1-4-8-24(9-5-1)10-11-26-19-15(12-23-26)18(20-13-21-19)25-14-22-16-6-2-3-7-17(16)25/h2-3,6-7,12-14H,1,4-5,8-11H2. The molecule has 0 unspecified atom stereocenters. The van der Waals surface area contributed by atoms with Gasteiger partial charge in [0, 0.05) is 6.54 Å². The van der Waals surface area contributed by atoms with Gasteiger partial charge in [-0.25, -0.2) is 19.6 Å². The number of hydrogen-bond donors (Lipinski definition) is 0. The maximum absolute atomic E-state index is 4.58. The largest absolute Gasteiger partial charge is 0.301 e. The van der Waals surface area contributed by atoms with E-state index in [0.29, 0.717) is 0 Å². The number of aromatic nitrogens is 6. The highest BCUT2D eigenvalue weighted by Crippen LogP contribution is 2.22. The Hall–Kier alpha value is -2.80. The Kier molecular flexibility index (Phi) is 3.86. The first-order valence-corrected chi connectivity index (χ1v) is 9.21. The molecule has 0 saturated carbocycles. The van der Waals surface area contributed by atoms with E-state index in [0.717, 1.165) is 41.0 Å². The lowest BCUT2D eigenvalue weighted by Gasteiger charge is -2.26. The molecular formula is C19H21N7. The Bertz CT molecular complexity index is 1040. The van der Waals surface area contributed by atoms with Crippen LogP contribution in [0.5, 0.6) is 0 Å². The topological polar surface area (TPSA) is 64.7 Å². The van der Waals surface area contributed by atoms with E-state index < -0.39 is 0 Å². The molecule has 4 heterocycles. The summed E-state index contributed by atoms with van der Waals surface area (Å²) in [6.45, 7) is 4.26. The van der Waals surface area contributed by atoms with Gasteiger partial charge < -0.3 is 4.90 Å². The van der Waals surface area contributed by atoms with Gasteiger partial charge in [-0.3, -0.25) is 4.57 Å². The first-order valence-electron chi connectivity index (χ1n) is 9.21. The van der Waals surface area contributed by atoms with Crippen LogP contribution in [0.1, 0.15) is 19.3 Å². The minimum atomic E-state index is 0.827. The molecule has 132 valence electrons. The van der Waals surface area contributed by atoms with E-state index in [1.807, 2.05) is 40.0 Å². The highest BCUT2D eigenvalue weighted by molar-refractivity contribution is 5.85. The monoisotopic (exact) mass is 347 g/mol. The molecule has 0 N–H and O–H groups in total. The van der Waals surface area contributed by atoms with E-state index in [-0.39, 0.29) is 0 Å². The lowest BCUT2D eigenvalue weighted by Crippen LogP contribution is -2.32. The predicted molar refractivity (Wildman–Crippen MR) is 100 cm³/mol. The number of imidazole rings is 1. The van der Waals surface area contributed by atoms with Crippen LogP contribution in [0.4, 0.5) is 0 Å². The van der Waals surface area contributed by atoms with Gasteiger partial charge in [0.2, 0.25) is 0 Å². The fourth-order valence-electron chi connectivity index (χ4n) is 3.78. The summed E-state index contributed by atoms with van der Waals surface area (Å²) in [5, 5.41) is 5.54. The molecule has 1 aliphatic heterocycles. The summed E-state index contributed by atoms with van der Waals surface area (Å²) in [6.07, 6.45) is 9.27. The third kappa shape index (κ3) is 2.64. The molecule has 3 aromatic heterocycles. The zero-order valence-corrected chi connectivity index (χ0v) is 14.6. The van der Waals surface area contributed by atoms with E-state index in [4.69, 9.17) is 0 Å². The second-order valence-corrected chi connectivity index (χ2v) is 6.81. The van der Waals surface area contributed by atoms with Crippen LogP contribution in [0.15, 0.2) is 43.1 Å². The smallest absolute Gasteiger partial charge is 0.163 e. The van der Waals surface area contributed by atoms with Crippen molar-refractivity contribution >= 4 is 22.1 Å². The highest BCUT2D eigenvalue weighted by atomic mass is 15.3. The molecule has 5 rings (SSSR count). The van der Waals surface area contributed by atoms with Crippen molar-refractivity contribution in [3.8, 4) is 5.82 Å².